The molecule has 0 bridgehead atoms. The zero-order valence-electron chi connectivity index (χ0n) is 6.02. The average molecular weight is 188 g/mol. The highest BCUT2D eigenvalue weighted by Crippen LogP contribution is 2.43. The van der Waals surface area contributed by atoms with Gasteiger partial charge in [-0.1, -0.05) is 0 Å². The quantitative estimate of drug-likeness (QED) is 0.299. The van der Waals surface area contributed by atoms with E-state index >= 15 is 0 Å². The molecule has 4 atom stereocenters. The molecule has 2 heterocycles. The SMILES string of the molecule is CC1(C2O[SiH]2C=O)O[SiH]1C=O. The van der Waals surface area contributed by atoms with E-state index in [-0.39, 0.29) is 11.0 Å². The minimum Gasteiger partial charge on any atom is -0.404 e. The summed E-state index contributed by atoms with van der Waals surface area (Å²) < 4.78 is 10.4. The monoisotopic (exact) mass is 188 g/mol. The molecular formula is C5H8O4Si2. The van der Waals surface area contributed by atoms with Gasteiger partial charge < -0.3 is 18.4 Å². The summed E-state index contributed by atoms with van der Waals surface area (Å²) in [6.45, 7) is 1.87. The van der Waals surface area contributed by atoms with Crippen LogP contribution in [0.3, 0.4) is 0 Å². The smallest absolute Gasteiger partial charge is 0.277 e. The van der Waals surface area contributed by atoms with Gasteiger partial charge in [-0.15, -0.1) is 0 Å². The summed E-state index contributed by atoms with van der Waals surface area (Å²) in [5, 5.41) is -0.320. The van der Waals surface area contributed by atoms with Crippen LogP contribution in [0.15, 0.2) is 0 Å². The molecule has 0 N–H and O–H groups in total. The lowest BCUT2D eigenvalue weighted by Crippen LogP contribution is -2.25. The van der Waals surface area contributed by atoms with E-state index in [2.05, 4.69) is 0 Å². The number of carbonyl (C=O) groups excluding carboxylic acids is 2. The summed E-state index contributed by atoms with van der Waals surface area (Å²) in [5.41, 5.74) is 0.00173. The summed E-state index contributed by atoms with van der Waals surface area (Å²) in [7, 11) is -3.17. The molecule has 0 aromatic heterocycles. The molecule has 4 nitrogen and oxygen atoms in total. The van der Waals surface area contributed by atoms with Crippen LogP contribution in [0.1, 0.15) is 6.92 Å². The molecule has 11 heavy (non-hydrogen) atoms. The van der Waals surface area contributed by atoms with Crippen LogP contribution < -0.4 is 0 Å². The van der Waals surface area contributed by atoms with Crippen molar-refractivity contribution in [2.75, 3.05) is 0 Å². The molecule has 0 aromatic carbocycles. The second-order valence-electron chi connectivity index (χ2n) is 3.02. The van der Waals surface area contributed by atoms with Crippen molar-refractivity contribution in [1.82, 2.24) is 0 Å². The first-order valence-corrected chi connectivity index (χ1v) is 6.98. The second kappa shape index (κ2) is 2.10. The molecule has 2 aliphatic heterocycles. The molecule has 0 aromatic rings. The van der Waals surface area contributed by atoms with E-state index in [1.54, 1.807) is 0 Å². The van der Waals surface area contributed by atoms with Gasteiger partial charge in [-0.3, -0.25) is 0 Å². The van der Waals surface area contributed by atoms with Crippen molar-refractivity contribution in [3.8, 4) is 0 Å². The van der Waals surface area contributed by atoms with E-state index in [9.17, 15) is 9.59 Å². The van der Waals surface area contributed by atoms with Crippen molar-refractivity contribution in [2.24, 2.45) is 0 Å². The molecule has 2 rings (SSSR count). The molecule has 6 heteroatoms. The van der Waals surface area contributed by atoms with Crippen LogP contribution in [0.4, 0.5) is 0 Å². The number of hydrogen-bond acceptors (Lipinski definition) is 4. The molecule has 4 unspecified atom stereocenters. The van der Waals surface area contributed by atoms with E-state index in [1.807, 2.05) is 6.92 Å². The van der Waals surface area contributed by atoms with Gasteiger partial charge >= 0.3 is 0 Å². The predicted octanol–water partition coefficient (Wildman–Crippen LogP) is -1.76. The van der Waals surface area contributed by atoms with E-state index in [0.717, 1.165) is 11.8 Å². The Labute approximate surface area is 66.9 Å². The van der Waals surface area contributed by atoms with Gasteiger partial charge in [0.25, 0.3) is 18.1 Å². The first kappa shape index (κ1) is 7.35. The Bertz CT molecular complexity index is 221. The highest BCUT2D eigenvalue weighted by atomic mass is 28.3. The van der Waals surface area contributed by atoms with Crippen LogP contribution in [-0.2, 0) is 18.4 Å². The van der Waals surface area contributed by atoms with Crippen LogP contribution in [0, 0.1) is 0 Å². The van der Waals surface area contributed by atoms with Gasteiger partial charge in [0, 0.05) is 0 Å². The standard InChI is InChI=1S/C5H8O4Si2/c1-5(9-11(5)3-7)4-8-10(4)2-6/h2-4,10-11H,1H3. The summed E-state index contributed by atoms with van der Waals surface area (Å²) in [6, 6.07) is 0. The minimum atomic E-state index is -1.61. The van der Waals surface area contributed by atoms with Crippen molar-refractivity contribution in [3.05, 3.63) is 0 Å². The van der Waals surface area contributed by atoms with Gasteiger partial charge in [0.15, 0.2) is 0 Å². The fraction of sp³-hybridized carbons (Fsp3) is 0.600. The largest absolute Gasteiger partial charge is 0.404 e. The summed E-state index contributed by atoms with van der Waals surface area (Å²) in [4.78, 5) is 20.6. The molecule has 0 spiro atoms. The molecule has 2 saturated heterocycles. The lowest BCUT2D eigenvalue weighted by molar-refractivity contribution is 0.261. The average Bonchev–Trinajstić information content (AvgIpc) is 2.82. The van der Waals surface area contributed by atoms with Crippen molar-refractivity contribution in [2.45, 2.75) is 17.9 Å². The number of carbonyl (C=O) groups is 2. The van der Waals surface area contributed by atoms with Crippen LogP contribution in [0.5, 0.6) is 0 Å². The Kier molecular flexibility index (Phi) is 1.40. The first-order valence-electron chi connectivity index (χ1n) is 3.46. The van der Waals surface area contributed by atoms with Gasteiger partial charge in [0.1, 0.15) is 17.0 Å². The highest BCUT2D eigenvalue weighted by Gasteiger charge is 2.68. The zero-order chi connectivity index (χ0) is 8.06. The fourth-order valence-corrected chi connectivity index (χ4v) is 6.08. The molecule has 60 valence electrons. The molecule has 0 saturated carbocycles. The third-order valence-electron chi connectivity index (χ3n) is 2.24. The van der Waals surface area contributed by atoms with Crippen LogP contribution in [0.25, 0.3) is 0 Å². The van der Waals surface area contributed by atoms with Crippen molar-refractivity contribution in [3.63, 3.8) is 0 Å². The number of hydrogen-bond donors (Lipinski definition) is 0. The topological polar surface area (TPSA) is 59.2 Å². The molecule has 2 fully saturated rings. The Morgan fingerprint density at radius 2 is 2.18 bits per heavy atom. The normalized spacial score (nSPS) is 53.4. The third-order valence-corrected chi connectivity index (χ3v) is 6.96. The van der Waals surface area contributed by atoms with Crippen LogP contribution >= 0.6 is 0 Å². The maximum atomic E-state index is 10.3. The van der Waals surface area contributed by atoms with E-state index in [4.69, 9.17) is 8.85 Å². The molecule has 0 amide bonds. The van der Waals surface area contributed by atoms with Gasteiger partial charge in [-0.2, -0.15) is 0 Å². The maximum absolute atomic E-state index is 10.3. The molecule has 0 aliphatic carbocycles. The first-order chi connectivity index (χ1) is 5.22. The molecule has 2 aliphatic rings. The van der Waals surface area contributed by atoms with Crippen molar-refractivity contribution < 1.29 is 18.4 Å². The van der Waals surface area contributed by atoms with Gasteiger partial charge in [-0.25, -0.2) is 0 Å². The molecule has 0 radical (unpaired) electrons. The van der Waals surface area contributed by atoms with Gasteiger partial charge in [0.2, 0.25) is 0 Å². The lowest BCUT2D eigenvalue weighted by Gasteiger charge is -1.96. The molecular weight excluding hydrogens is 180 g/mol. The van der Waals surface area contributed by atoms with Crippen molar-refractivity contribution >= 4 is 29.9 Å². The Morgan fingerprint density at radius 1 is 1.45 bits per heavy atom. The number of rotatable bonds is 3. The van der Waals surface area contributed by atoms with Crippen LogP contribution in [-0.4, -0.2) is 40.9 Å². The lowest BCUT2D eigenvalue weighted by atomic mass is 10.4. The maximum Gasteiger partial charge on any atom is 0.277 e. The predicted molar refractivity (Wildman–Crippen MR) is 42.2 cm³/mol. The second-order valence-corrected chi connectivity index (χ2v) is 7.59. The van der Waals surface area contributed by atoms with E-state index in [1.165, 1.54) is 0 Å². The Hall–Kier alpha value is -0.306. The van der Waals surface area contributed by atoms with E-state index in [0.29, 0.717) is 0 Å². The van der Waals surface area contributed by atoms with Crippen molar-refractivity contribution in [1.29, 1.82) is 0 Å². The highest BCUT2D eigenvalue weighted by molar-refractivity contribution is 6.94. The summed E-state index contributed by atoms with van der Waals surface area (Å²) in [5.74, 6) is 1.80. The Morgan fingerprint density at radius 3 is 2.55 bits per heavy atom. The van der Waals surface area contributed by atoms with E-state index < -0.39 is 18.1 Å². The third kappa shape index (κ3) is 0.941. The minimum absolute atomic E-state index is 0.00173. The van der Waals surface area contributed by atoms with Gasteiger partial charge in [-0.05, 0) is 6.92 Å². The van der Waals surface area contributed by atoms with Crippen LogP contribution in [0.2, 0.25) is 0 Å². The summed E-state index contributed by atoms with van der Waals surface area (Å²) in [6.07, 6.45) is 0. The Balaban J connectivity index is 1.98. The fourth-order valence-electron chi connectivity index (χ4n) is 1.32. The van der Waals surface area contributed by atoms with Gasteiger partial charge in [0.05, 0.1) is 5.73 Å². The summed E-state index contributed by atoms with van der Waals surface area (Å²) >= 11 is 0. The zero-order valence-corrected chi connectivity index (χ0v) is 8.33.